The molecule has 7 heteroatoms. The highest BCUT2D eigenvalue weighted by atomic mass is 16.7. The van der Waals surface area contributed by atoms with Crippen molar-refractivity contribution in [2.45, 2.75) is 50.5 Å². The number of ether oxygens (including phenoxy) is 5. The van der Waals surface area contributed by atoms with Crippen LogP contribution in [-0.2, 0) is 43.5 Å². The Morgan fingerprint density at radius 1 is 0.585 bits per heavy atom. The molecule has 0 spiro atoms. The van der Waals surface area contributed by atoms with Gasteiger partial charge in [-0.3, -0.25) is 0 Å². The number of aliphatic hydroxyl groups excluding tert-OH is 1. The molecule has 4 aromatic rings. The van der Waals surface area contributed by atoms with Crippen LogP contribution in [0, 0.1) is 0 Å². The van der Waals surface area contributed by atoms with Gasteiger partial charge in [0.15, 0.2) is 12.4 Å². The highest BCUT2D eigenvalue weighted by Gasteiger charge is 2.50. The second-order valence-corrected chi connectivity index (χ2v) is 9.78. The lowest BCUT2D eigenvalue weighted by molar-refractivity contribution is -0.321. The number of benzene rings is 4. The van der Waals surface area contributed by atoms with Crippen LogP contribution < -0.4 is 0 Å². The van der Waals surface area contributed by atoms with Gasteiger partial charge in [-0.15, -0.1) is 0 Å². The highest BCUT2D eigenvalue weighted by molar-refractivity contribution is 5.89. The first-order valence-electron chi connectivity index (χ1n) is 13.7. The molecule has 1 aliphatic heterocycles. The van der Waals surface area contributed by atoms with Gasteiger partial charge < -0.3 is 28.8 Å². The zero-order chi connectivity index (χ0) is 28.3. The van der Waals surface area contributed by atoms with Gasteiger partial charge in [-0.2, -0.15) is 0 Å². The lowest BCUT2D eigenvalue weighted by atomic mass is 9.97. The summed E-state index contributed by atoms with van der Waals surface area (Å²) in [5.41, 5.74) is 3.24. The quantitative estimate of drug-likeness (QED) is 0.238. The minimum absolute atomic E-state index is 0.236. The summed E-state index contributed by atoms with van der Waals surface area (Å²) >= 11 is 0. The topological polar surface area (TPSA) is 83.5 Å². The molecule has 2 unspecified atom stereocenters. The van der Waals surface area contributed by atoms with Gasteiger partial charge in [-0.1, -0.05) is 109 Å². The van der Waals surface area contributed by atoms with E-state index in [0.29, 0.717) is 5.56 Å². The minimum atomic E-state index is -0.964. The maximum absolute atomic E-state index is 13.2. The Hall–Kier alpha value is -3.85. The van der Waals surface area contributed by atoms with E-state index in [0.717, 1.165) is 16.7 Å². The van der Waals surface area contributed by atoms with Gasteiger partial charge >= 0.3 is 5.97 Å². The summed E-state index contributed by atoms with van der Waals surface area (Å²) in [7, 11) is 0. The second-order valence-electron chi connectivity index (χ2n) is 9.78. The number of hydrogen-bond donors (Lipinski definition) is 1. The Bertz CT molecular complexity index is 1320. The molecule has 0 amide bonds. The predicted octanol–water partition coefficient (Wildman–Crippen LogP) is 5.32. The highest BCUT2D eigenvalue weighted by Crippen LogP contribution is 2.31. The zero-order valence-corrected chi connectivity index (χ0v) is 22.7. The summed E-state index contributed by atoms with van der Waals surface area (Å²) in [4.78, 5) is 13.2. The molecule has 0 aromatic heterocycles. The van der Waals surface area contributed by atoms with Crippen LogP contribution in [0.2, 0.25) is 0 Å². The first kappa shape index (κ1) is 28.7. The van der Waals surface area contributed by atoms with Gasteiger partial charge in [0.1, 0.15) is 18.3 Å². The Kier molecular flexibility index (Phi) is 10.3. The van der Waals surface area contributed by atoms with E-state index >= 15 is 0 Å². The normalized spacial score (nSPS) is 22.2. The van der Waals surface area contributed by atoms with Crippen molar-refractivity contribution >= 4 is 5.97 Å². The van der Waals surface area contributed by atoms with E-state index in [1.165, 1.54) is 0 Å². The molecule has 5 rings (SSSR count). The van der Waals surface area contributed by atoms with Crippen molar-refractivity contribution < 1.29 is 33.6 Å². The lowest BCUT2D eigenvalue weighted by Crippen LogP contribution is -2.62. The average Bonchev–Trinajstić information content (AvgIpc) is 3.04. The fourth-order valence-corrected chi connectivity index (χ4v) is 4.72. The van der Waals surface area contributed by atoms with E-state index in [9.17, 15) is 9.90 Å². The molecule has 4 aromatic carbocycles. The molecule has 41 heavy (non-hydrogen) atoms. The standard InChI is InChI=1S/C34H34O7/c35-21-29-30(41-33(36)28-19-11-4-12-20-28)31(37-22-25-13-5-1-6-14-25)32(38-23-26-15-7-2-8-16-26)34(40-29)39-24-27-17-9-3-10-18-27/h1-20,29-32,34-35H,21-24H2/t29?,30-,31+,32?,34+/m0/s1. The Labute approximate surface area is 240 Å². The van der Waals surface area contributed by atoms with Crippen LogP contribution in [-0.4, -0.2) is 48.4 Å². The van der Waals surface area contributed by atoms with E-state index in [1.54, 1.807) is 24.3 Å². The number of esters is 1. The largest absolute Gasteiger partial charge is 0.453 e. The predicted molar refractivity (Wildman–Crippen MR) is 153 cm³/mol. The molecule has 1 fully saturated rings. The van der Waals surface area contributed by atoms with E-state index < -0.39 is 43.3 Å². The molecule has 7 nitrogen and oxygen atoms in total. The molecule has 212 valence electrons. The Balaban J connectivity index is 1.44. The van der Waals surface area contributed by atoms with Gasteiger partial charge in [0.2, 0.25) is 0 Å². The maximum Gasteiger partial charge on any atom is 0.338 e. The summed E-state index contributed by atoms with van der Waals surface area (Å²) in [5.74, 6) is -0.545. The molecule has 1 aliphatic rings. The Morgan fingerprint density at radius 2 is 1.02 bits per heavy atom. The lowest BCUT2D eigenvalue weighted by Gasteiger charge is -2.45. The van der Waals surface area contributed by atoms with Crippen molar-refractivity contribution in [3.8, 4) is 0 Å². The van der Waals surface area contributed by atoms with E-state index in [4.69, 9.17) is 23.7 Å². The molecular weight excluding hydrogens is 520 g/mol. The van der Waals surface area contributed by atoms with Crippen molar-refractivity contribution in [1.82, 2.24) is 0 Å². The van der Waals surface area contributed by atoms with Crippen molar-refractivity contribution in [3.63, 3.8) is 0 Å². The van der Waals surface area contributed by atoms with Crippen LogP contribution in [0.1, 0.15) is 27.0 Å². The third kappa shape index (κ3) is 7.88. The molecule has 0 aliphatic carbocycles. The van der Waals surface area contributed by atoms with Gasteiger partial charge in [0.25, 0.3) is 0 Å². The zero-order valence-electron chi connectivity index (χ0n) is 22.7. The molecule has 1 heterocycles. The number of carbonyl (C=O) groups excluding carboxylic acids is 1. The van der Waals surface area contributed by atoms with Crippen molar-refractivity contribution in [1.29, 1.82) is 0 Å². The van der Waals surface area contributed by atoms with Gasteiger partial charge in [0.05, 0.1) is 32.0 Å². The van der Waals surface area contributed by atoms with E-state index in [-0.39, 0.29) is 19.8 Å². The van der Waals surface area contributed by atoms with Crippen molar-refractivity contribution in [3.05, 3.63) is 144 Å². The average molecular weight is 555 g/mol. The molecule has 0 saturated carbocycles. The Morgan fingerprint density at radius 3 is 1.51 bits per heavy atom. The molecule has 5 atom stereocenters. The molecular formula is C34H34O7. The SMILES string of the molecule is O=C(O[C@H]1C(CO)O[C@@H](OCc2ccccc2)C(OCc2ccccc2)[C@@H]1OCc1ccccc1)c1ccccc1. The second kappa shape index (κ2) is 14.7. The maximum atomic E-state index is 13.2. The molecule has 0 bridgehead atoms. The van der Waals surface area contributed by atoms with Crippen LogP contribution in [0.5, 0.6) is 0 Å². The van der Waals surface area contributed by atoms with Crippen molar-refractivity contribution in [2.75, 3.05) is 6.61 Å². The fourth-order valence-electron chi connectivity index (χ4n) is 4.72. The van der Waals surface area contributed by atoms with Gasteiger partial charge in [-0.05, 0) is 28.8 Å². The number of rotatable bonds is 12. The molecule has 1 N–H and O–H groups in total. The van der Waals surface area contributed by atoms with Crippen LogP contribution in [0.4, 0.5) is 0 Å². The number of hydrogen-bond acceptors (Lipinski definition) is 7. The third-order valence-electron chi connectivity index (χ3n) is 6.85. The van der Waals surface area contributed by atoms with E-state index in [1.807, 2.05) is 97.1 Å². The van der Waals surface area contributed by atoms with Gasteiger partial charge in [-0.25, -0.2) is 4.79 Å². The fraction of sp³-hybridized carbons (Fsp3) is 0.265. The number of aliphatic hydroxyl groups is 1. The van der Waals surface area contributed by atoms with Crippen LogP contribution in [0.25, 0.3) is 0 Å². The summed E-state index contributed by atoms with van der Waals surface area (Å²) in [6, 6.07) is 37.9. The summed E-state index contributed by atoms with van der Waals surface area (Å²) in [6.45, 7) is 0.345. The number of carbonyl (C=O) groups is 1. The van der Waals surface area contributed by atoms with E-state index in [2.05, 4.69) is 0 Å². The van der Waals surface area contributed by atoms with Crippen LogP contribution >= 0.6 is 0 Å². The summed E-state index contributed by atoms with van der Waals surface area (Å²) in [5, 5.41) is 10.4. The summed E-state index contributed by atoms with van der Waals surface area (Å²) < 4.78 is 31.4. The van der Waals surface area contributed by atoms with Gasteiger partial charge in [0, 0.05) is 0 Å². The van der Waals surface area contributed by atoms with Crippen LogP contribution in [0.3, 0.4) is 0 Å². The first-order chi connectivity index (χ1) is 20.2. The van der Waals surface area contributed by atoms with Crippen molar-refractivity contribution in [2.24, 2.45) is 0 Å². The van der Waals surface area contributed by atoms with Crippen LogP contribution in [0.15, 0.2) is 121 Å². The smallest absolute Gasteiger partial charge is 0.338 e. The minimum Gasteiger partial charge on any atom is -0.453 e. The third-order valence-corrected chi connectivity index (χ3v) is 6.85. The molecule has 0 radical (unpaired) electrons. The summed E-state index contributed by atoms with van der Waals surface area (Å²) in [6.07, 6.45) is -4.35. The monoisotopic (exact) mass is 554 g/mol. The first-order valence-corrected chi connectivity index (χ1v) is 13.7. The molecule has 1 saturated heterocycles.